The lowest BCUT2D eigenvalue weighted by molar-refractivity contribution is -0.157. The fourth-order valence-electron chi connectivity index (χ4n) is 1.27. The van der Waals surface area contributed by atoms with Crippen molar-refractivity contribution in [3.8, 4) is 0 Å². The van der Waals surface area contributed by atoms with E-state index >= 15 is 0 Å². The topological polar surface area (TPSA) is 38.3 Å². The number of carbonyl (C=O) groups excluding carboxylic acids is 1. The third-order valence-corrected chi connectivity index (χ3v) is 2.26. The van der Waals surface area contributed by atoms with Crippen LogP contribution in [0.25, 0.3) is 0 Å². The van der Waals surface area contributed by atoms with E-state index in [-0.39, 0.29) is 12.0 Å². The summed E-state index contributed by atoms with van der Waals surface area (Å²) >= 11 is 0. The van der Waals surface area contributed by atoms with E-state index in [9.17, 15) is 4.79 Å². The molecule has 1 aliphatic rings. The quantitative estimate of drug-likeness (QED) is 0.597. The van der Waals surface area contributed by atoms with E-state index in [2.05, 4.69) is 19.2 Å². The lowest BCUT2D eigenvalue weighted by Gasteiger charge is -2.37. The van der Waals surface area contributed by atoms with Gasteiger partial charge in [0.05, 0.1) is 0 Å². The van der Waals surface area contributed by atoms with Gasteiger partial charge in [0.15, 0.2) is 0 Å². The minimum Gasteiger partial charge on any atom is -0.463 e. The van der Waals surface area contributed by atoms with Crippen LogP contribution in [0.5, 0.6) is 0 Å². The second kappa shape index (κ2) is 3.05. The smallest absolute Gasteiger partial charge is 0.325 e. The molecule has 0 radical (unpaired) electrons. The molecule has 1 fully saturated rings. The number of hydrogen-bond acceptors (Lipinski definition) is 3. The van der Waals surface area contributed by atoms with Crippen LogP contribution in [0.3, 0.4) is 0 Å². The highest BCUT2D eigenvalue weighted by atomic mass is 16.5. The number of esters is 1. The van der Waals surface area contributed by atoms with Crippen LogP contribution in [0.15, 0.2) is 0 Å². The number of morpholine rings is 1. The zero-order chi connectivity index (χ0) is 9.35. The largest absolute Gasteiger partial charge is 0.463 e. The van der Waals surface area contributed by atoms with E-state index in [1.165, 1.54) is 0 Å². The van der Waals surface area contributed by atoms with Gasteiger partial charge in [0, 0.05) is 6.04 Å². The summed E-state index contributed by atoms with van der Waals surface area (Å²) in [5.41, 5.74) is -0.521. The maximum Gasteiger partial charge on any atom is 0.325 e. The summed E-state index contributed by atoms with van der Waals surface area (Å²) in [5.74, 6) is 0.344. The maximum atomic E-state index is 11.2. The van der Waals surface area contributed by atoms with Gasteiger partial charge in [-0.15, -0.1) is 0 Å². The predicted molar refractivity (Wildman–Crippen MR) is 46.8 cm³/mol. The summed E-state index contributed by atoms with van der Waals surface area (Å²) in [6, 6.07) is 0.290. The van der Waals surface area contributed by atoms with Gasteiger partial charge in [-0.1, -0.05) is 13.8 Å². The van der Waals surface area contributed by atoms with Crippen LogP contribution in [-0.2, 0) is 9.53 Å². The molecule has 70 valence electrons. The molecule has 1 saturated heterocycles. The zero-order valence-corrected chi connectivity index (χ0v) is 8.18. The Morgan fingerprint density at radius 2 is 2.17 bits per heavy atom. The summed E-state index contributed by atoms with van der Waals surface area (Å²) in [7, 11) is 0. The molecule has 1 atom stereocenters. The monoisotopic (exact) mass is 171 g/mol. The average molecular weight is 171 g/mol. The Labute approximate surface area is 73.5 Å². The van der Waals surface area contributed by atoms with Crippen molar-refractivity contribution in [3.63, 3.8) is 0 Å². The summed E-state index contributed by atoms with van der Waals surface area (Å²) in [6.45, 7) is 8.44. The van der Waals surface area contributed by atoms with Gasteiger partial charge >= 0.3 is 5.97 Å². The summed E-state index contributed by atoms with van der Waals surface area (Å²) < 4.78 is 5.07. The molecule has 0 amide bonds. The molecule has 1 heterocycles. The molecule has 0 aliphatic carbocycles. The van der Waals surface area contributed by atoms with Crippen molar-refractivity contribution in [2.45, 2.75) is 39.3 Å². The summed E-state index contributed by atoms with van der Waals surface area (Å²) in [4.78, 5) is 11.2. The summed E-state index contributed by atoms with van der Waals surface area (Å²) in [5, 5.41) is 3.27. The van der Waals surface area contributed by atoms with Crippen molar-refractivity contribution in [2.75, 3.05) is 6.61 Å². The Balaban J connectivity index is 2.63. The molecule has 0 aromatic rings. The van der Waals surface area contributed by atoms with Gasteiger partial charge in [-0.3, -0.25) is 10.1 Å². The minimum absolute atomic E-state index is 0.153. The molecular weight excluding hydrogens is 154 g/mol. The second-order valence-electron chi connectivity index (χ2n) is 4.22. The number of carbonyl (C=O) groups is 1. The SMILES string of the molecule is CC(C)[C@H]1COC(=O)C(C)(C)N1. The molecule has 0 aromatic carbocycles. The Hall–Kier alpha value is -0.570. The third kappa shape index (κ3) is 1.78. The van der Waals surface area contributed by atoms with Crippen LogP contribution in [0, 0.1) is 5.92 Å². The van der Waals surface area contributed by atoms with E-state index < -0.39 is 5.54 Å². The molecule has 0 bridgehead atoms. The maximum absolute atomic E-state index is 11.2. The van der Waals surface area contributed by atoms with Gasteiger partial charge in [0.1, 0.15) is 12.1 Å². The highest BCUT2D eigenvalue weighted by molar-refractivity contribution is 5.80. The van der Waals surface area contributed by atoms with Gasteiger partial charge in [-0.05, 0) is 19.8 Å². The number of ether oxygens (including phenoxy) is 1. The van der Waals surface area contributed by atoms with E-state index in [1.54, 1.807) is 0 Å². The number of rotatable bonds is 1. The molecule has 3 nitrogen and oxygen atoms in total. The van der Waals surface area contributed by atoms with Gasteiger partial charge in [-0.2, -0.15) is 0 Å². The first-order valence-corrected chi connectivity index (χ1v) is 4.38. The first-order valence-electron chi connectivity index (χ1n) is 4.38. The van der Waals surface area contributed by atoms with Crippen LogP contribution in [-0.4, -0.2) is 24.2 Å². The van der Waals surface area contributed by atoms with Crippen LogP contribution in [0.2, 0.25) is 0 Å². The fourth-order valence-corrected chi connectivity index (χ4v) is 1.27. The third-order valence-electron chi connectivity index (χ3n) is 2.26. The minimum atomic E-state index is -0.521. The van der Waals surface area contributed by atoms with E-state index in [0.29, 0.717) is 12.5 Å². The van der Waals surface area contributed by atoms with Gasteiger partial charge in [-0.25, -0.2) is 0 Å². The van der Waals surface area contributed by atoms with Gasteiger partial charge in [0.2, 0.25) is 0 Å². The van der Waals surface area contributed by atoms with Gasteiger partial charge < -0.3 is 4.74 Å². The van der Waals surface area contributed by atoms with E-state index in [0.717, 1.165) is 0 Å². The molecule has 0 saturated carbocycles. The van der Waals surface area contributed by atoms with Crippen LogP contribution in [0.4, 0.5) is 0 Å². The zero-order valence-electron chi connectivity index (χ0n) is 8.18. The molecule has 3 heteroatoms. The van der Waals surface area contributed by atoms with Crippen LogP contribution < -0.4 is 5.32 Å². The van der Waals surface area contributed by atoms with Crippen molar-refractivity contribution >= 4 is 5.97 Å². The molecule has 12 heavy (non-hydrogen) atoms. The fraction of sp³-hybridized carbons (Fsp3) is 0.889. The van der Waals surface area contributed by atoms with Crippen LogP contribution >= 0.6 is 0 Å². The molecule has 0 aromatic heterocycles. The van der Waals surface area contributed by atoms with E-state index in [1.807, 2.05) is 13.8 Å². The number of cyclic esters (lactones) is 1. The molecule has 0 spiro atoms. The van der Waals surface area contributed by atoms with Crippen molar-refractivity contribution in [1.29, 1.82) is 0 Å². The Kier molecular flexibility index (Phi) is 2.42. The normalized spacial score (nSPS) is 28.8. The lowest BCUT2D eigenvalue weighted by atomic mass is 9.96. The second-order valence-corrected chi connectivity index (χ2v) is 4.22. The van der Waals surface area contributed by atoms with Crippen molar-refractivity contribution in [3.05, 3.63) is 0 Å². The number of hydrogen-bond donors (Lipinski definition) is 1. The Morgan fingerprint density at radius 1 is 1.58 bits per heavy atom. The molecule has 1 N–H and O–H groups in total. The molecular formula is C9H17NO2. The Morgan fingerprint density at radius 3 is 2.58 bits per heavy atom. The average Bonchev–Trinajstić information content (AvgIpc) is 1.94. The van der Waals surface area contributed by atoms with Gasteiger partial charge in [0.25, 0.3) is 0 Å². The molecule has 0 unspecified atom stereocenters. The molecule has 1 aliphatic heterocycles. The highest BCUT2D eigenvalue weighted by Crippen LogP contribution is 2.16. The summed E-state index contributed by atoms with van der Waals surface area (Å²) in [6.07, 6.45) is 0. The standard InChI is InChI=1S/C9H17NO2/c1-6(2)7-5-12-8(11)9(3,4)10-7/h6-7,10H,5H2,1-4H3/t7-/m1/s1. The molecule has 1 rings (SSSR count). The first kappa shape index (κ1) is 9.52. The highest BCUT2D eigenvalue weighted by Gasteiger charge is 2.37. The van der Waals surface area contributed by atoms with Crippen LogP contribution in [0.1, 0.15) is 27.7 Å². The van der Waals surface area contributed by atoms with Crippen molar-refractivity contribution in [1.82, 2.24) is 5.32 Å². The van der Waals surface area contributed by atoms with Crippen molar-refractivity contribution < 1.29 is 9.53 Å². The number of nitrogens with one attached hydrogen (secondary N) is 1. The van der Waals surface area contributed by atoms with Crippen molar-refractivity contribution in [2.24, 2.45) is 5.92 Å². The Bertz CT molecular complexity index is 187. The lowest BCUT2D eigenvalue weighted by Crippen LogP contribution is -2.60. The van der Waals surface area contributed by atoms with E-state index in [4.69, 9.17) is 4.74 Å². The first-order chi connectivity index (χ1) is 5.43. The predicted octanol–water partition coefficient (Wildman–Crippen LogP) is 0.936.